The van der Waals surface area contributed by atoms with Gasteiger partial charge in [-0.15, -0.1) is 0 Å². The third-order valence-corrected chi connectivity index (χ3v) is 4.84. The van der Waals surface area contributed by atoms with E-state index in [1.165, 1.54) is 0 Å². The second-order valence-corrected chi connectivity index (χ2v) is 6.77. The van der Waals surface area contributed by atoms with Gasteiger partial charge in [-0.05, 0) is 22.3 Å². The molecular weight excluding hydrogens is 358 g/mol. The van der Waals surface area contributed by atoms with E-state index in [0.29, 0.717) is 0 Å². The van der Waals surface area contributed by atoms with E-state index in [2.05, 4.69) is 5.32 Å². The number of carboxylic acid groups (broad SMARTS) is 1. The van der Waals surface area contributed by atoms with Gasteiger partial charge in [0.25, 0.3) is 0 Å². The molecule has 2 aromatic carbocycles. The van der Waals surface area contributed by atoms with Gasteiger partial charge >= 0.3 is 12.1 Å². The number of carbonyl (C=O) groups excluding carboxylic acids is 1. The SMILES string of the molecule is O=C(NC(CS(=O)[O-])C(=O)O)OCC1c2ccccc2-c2ccccc21. The lowest BCUT2D eigenvalue weighted by Crippen LogP contribution is -2.44. The fourth-order valence-corrected chi connectivity index (χ4v) is 3.59. The number of carbonyl (C=O) groups is 2. The van der Waals surface area contributed by atoms with Crippen LogP contribution in [0.25, 0.3) is 11.1 Å². The zero-order chi connectivity index (χ0) is 18.7. The molecule has 1 aliphatic rings. The maximum Gasteiger partial charge on any atom is 0.407 e. The Labute approximate surface area is 152 Å². The molecule has 26 heavy (non-hydrogen) atoms. The molecule has 3 rings (SSSR count). The summed E-state index contributed by atoms with van der Waals surface area (Å²) in [6.07, 6.45) is -0.968. The van der Waals surface area contributed by atoms with Gasteiger partial charge in [0.15, 0.2) is 0 Å². The maximum absolute atomic E-state index is 11.9. The zero-order valence-electron chi connectivity index (χ0n) is 13.6. The summed E-state index contributed by atoms with van der Waals surface area (Å²) < 4.78 is 26.6. The highest BCUT2D eigenvalue weighted by molar-refractivity contribution is 7.79. The third kappa shape index (κ3) is 3.76. The van der Waals surface area contributed by atoms with E-state index in [-0.39, 0.29) is 12.5 Å². The van der Waals surface area contributed by atoms with E-state index in [1.807, 2.05) is 48.5 Å². The Bertz CT molecular complexity index is 823. The molecule has 2 N–H and O–H groups in total. The summed E-state index contributed by atoms with van der Waals surface area (Å²) in [6, 6.07) is 14.0. The van der Waals surface area contributed by atoms with Gasteiger partial charge in [0.1, 0.15) is 12.6 Å². The van der Waals surface area contributed by atoms with Gasteiger partial charge in [0, 0.05) is 11.7 Å². The quantitative estimate of drug-likeness (QED) is 0.746. The molecule has 1 aliphatic carbocycles. The monoisotopic (exact) mass is 374 g/mol. The van der Waals surface area contributed by atoms with E-state index in [9.17, 15) is 18.4 Å². The molecule has 2 atom stereocenters. The normalized spacial score (nSPS) is 14.8. The van der Waals surface area contributed by atoms with Crippen LogP contribution in [0.4, 0.5) is 4.79 Å². The second-order valence-electron chi connectivity index (χ2n) is 5.83. The molecule has 0 saturated heterocycles. The summed E-state index contributed by atoms with van der Waals surface area (Å²) in [5.74, 6) is -2.33. The van der Waals surface area contributed by atoms with Gasteiger partial charge < -0.3 is 19.7 Å². The predicted octanol–water partition coefficient (Wildman–Crippen LogP) is 1.86. The van der Waals surface area contributed by atoms with Crippen molar-refractivity contribution in [2.75, 3.05) is 12.4 Å². The maximum atomic E-state index is 11.9. The van der Waals surface area contributed by atoms with Crippen molar-refractivity contribution in [2.45, 2.75) is 12.0 Å². The minimum Gasteiger partial charge on any atom is -0.772 e. The van der Waals surface area contributed by atoms with Crippen molar-refractivity contribution in [1.82, 2.24) is 5.32 Å². The molecule has 0 bridgehead atoms. The zero-order valence-corrected chi connectivity index (χ0v) is 14.4. The molecule has 0 fully saturated rings. The standard InChI is InChI=1S/C18H17NO6S/c20-17(21)16(10-26(23)24)19-18(22)25-9-15-13-7-3-1-5-11(13)12-6-2-4-8-14(12)15/h1-8,15-16H,9-10H2,(H,19,22)(H,20,21)(H,23,24)/p-1. The molecule has 2 unspecified atom stereocenters. The van der Waals surface area contributed by atoms with Crippen molar-refractivity contribution in [3.05, 3.63) is 59.7 Å². The number of rotatable bonds is 6. The Kier molecular flexibility index (Phi) is 5.34. The number of hydrogen-bond donors (Lipinski definition) is 2. The highest BCUT2D eigenvalue weighted by Crippen LogP contribution is 2.44. The summed E-state index contributed by atoms with van der Waals surface area (Å²) in [5.41, 5.74) is 4.19. The average Bonchev–Trinajstić information content (AvgIpc) is 2.93. The minimum absolute atomic E-state index is 0.0205. The topological polar surface area (TPSA) is 116 Å². The number of carboxylic acids is 1. The van der Waals surface area contributed by atoms with Crippen molar-refractivity contribution in [2.24, 2.45) is 0 Å². The van der Waals surface area contributed by atoms with Crippen LogP contribution in [0.3, 0.4) is 0 Å². The summed E-state index contributed by atoms with van der Waals surface area (Å²) in [6.45, 7) is 0.0205. The van der Waals surface area contributed by atoms with Crippen molar-refractivity contribution in [3.63, 3.8) is 0 Å². The average molecular weight is 374 g/mol. The fraction of sp³-hybridized carbons (Fsp3) is 0.222. The van der Waals surface area contributed by atoms with E-state index < -0.39 is 34.9 Å². The molecule has 0 heterocycles. The number of hydrogen-bond acceptors (Lipinski definition) is 5. The fourth-order valence-electron chi connectivity index (χ4n) is 3.09. The Morgan fingerprint density at radius 3 is 2.15 bits per heavy atom. The van der Waals surface area contributed by atoms with Crippen LogP contribution in [0.1, 0.15) is 17.0 Å². The highest BCUT2D eigenvalue weighted by Gasteiger charge is 2.29. The highest BCUT2D eigenvalue weighted by atomic mass is 32.2. The minimum atomic E-state index is -2.60. The molecule has 0 aliphatic heterocycles. The van der Waals surface area contributed by atoms with Crippen LogP contribution in [-0.4, -0.2) is 44.3 Å². The van der Waals surface area contributed by atoms with Gasteiger partial charge in [-0.3, -0.25) is 4.21 Å². The molecule has 1 amide bonds. The number of fused-ring (bicyclic) bond motifs is 3. The summed E-state index contributed by atoms with van der Waals surface area (Å²) in [7, 11) is 0. The molecule has 8 heteroatoms. The van der Waals surface area contributed by atoms with Crippen LogP contribution in [-0.2, 0) is 20.6 Å². The van der Waals surface area contributed by atoms with Gasteiger partial charge in [0.2, 0.25) is 0 Å². The lowest BCUT2D eigenvalue weighted by Gasteiger charge is -2.18. The van der Waals surface area contributed by atoms with Gasteiger partial charge in [0.05, 0.1) is 0 Å². The summed E-state index contributed by atoms with van der Waals surface area (Å²) in [4.78, 5) is 22.9. The first-order valence-electron chi connectivity index (χ1n) is 7.87. The number of nitrogens with one attached hydrogen (secondary N) is 1. The Morgan fingerprint density at radius 2 is 1.65 bits per heavy atom. The number of amides is 1. The van der Waals surface area contributed by atoms with Crippen LogP contribution in [0.15, 0.2) is 48.5 Å². The van der Waals surface area contributed by atoms with Gasteiger partial charge in [-0.25, -0.2) is 9.59 Å². The first-order valence-corrected chi connectivity index (χ1v) is 9.12. The molecule has 0 spiro atoms. The lowest BCUT2D eigenvalue weighted by atomic mass is 9.98. The third-order valence-electron chi connectivity index (χ3n) is 4.24. The van der Waals surface area contributed by atoms with Crippen molar-refractivity contribution >= 4 is 23.1 Å². The molecule has 0 saturated carbocycles. The van der Waals surface area contributed by atoms with E-state index in [1.54, 1.807) is 0 Å². The number of aliphatic carboxylic acids is 1. The second kappa shape index (κ2) is 7.67. The molecule has 0 radical (unpaired) electrons. The van der Waals surface area contributed by atoms with Crippen LogP contribution in [0.5, 0.6) is 0 Å². The van der Waals surface area contributed by atoms with Crippen molar-refractivity contribution in [3.8, 4) is 11.1 Å². The number of ether oxygens (including phenoxy) is 1. The molecule has 2 aromatic rings. The van der Waals surface area contributed by atoms with E-state index in [4.69, 9.17) is 9.84 Å². The molecule has 0 aromatic heterocycles. The number of benzene rings is 2. The Hall–Kier alpha value is -2.71. The summed E-state index contributed by atoms with van der Waals surface area (Å²) in [5, 5.41) is 11.0. The van der Waals surface area contributed by atoms with Gasteiger partial charge in [-0.1, -0.05) is 59.6 Å². The lowest BCUT2D eigenvalue weighted by molar-refractivity contribution is -0.138. The predicted molar refractivity (Wildman–Crippen MR) is 93.4 cm³/mol. The molecule has 136 valence electrons. The number of alkyl carbamates (subject to hydrolysis) is 1. The first-order chi connectivity index (χ1) is 12.5. The van der Waals surface area contributed by atoms with Crippen molar-refractivity contribution < 1.29 is 28.2 Å². The van der Waals surface area contributed by atoms with Crippen LogP contribution < -0.4 is 5.32 Å². The Balaban J connectivity index is 1.71. The van der Waals surface area contributed by atoms with E-state index >= 15 is 0 Å². The largest absolute Gasteiger partial charge is 0.772 e. The smallest absolute Gasteiger partial charge is 0.407 e. The van der Waals surface area contributed by atoms with Crippen molar-refractivity contribution in [1.29, 1.82) is 0 Å². The Morgan fingerprint density at radius 1 is 1.12 bits per heavy atom. The van der Waals surface area contributed by atoms with Crippen LogP contribution >= 0.6 is 0 Å². The van der Waals surface area contributed by atoms with Crippen LogP contribution in [0, 0.1) is 0 Å². The first kappa shape index (κ1) is 18.1. The van der Waals surface area contributed by atoms with Crippen LogP contribution in [0.2, 0.25) is 0 Å². The molecule has 7 nitrogen and oxygen atoms in total. The summed E-state index contributed by atoms with van der Waals surface area (Å²) >= 11 is -2.60. The van der Waals surface area contributed by atoms with Gasteiger partial charge in [-0.2, -0.15) is 0 Å². The van der Waals surface area contributed by atoms with E-state index in [0.717, 1.165) is 22.3 Å². The molecular formula is C18H16NO6S-.